The predicted octanol–water partition coefficient (Wildman–Crippen LogP) is 3.41. The number of nitrogens with one attached hydrogen (secondary N) is 1. The Morgan fingerprint density at radius 2 is 2.04 bits per heavy atom. The average molecular weight is 371 g/mol. The van der Waals surface area contributed by atoms with Gasteiger partial charge in [-0.25, -0.2) is 9.97 Å². The topological polar surface area (TPSA) is 88.2 Å². The molecule has 3 rings (SSSR count). The van der Waals surface area contributed by atoms with E-state index in [2.05, 4.69) is 15.3 Å². The standard InChI is InChI=1S/C19H21N3O3S/c1-2-6-13(23)11-22-18(24)17-15(12-26-19-20-9-5-10-21-19)14-7-3-4-8-16(14)25-17/h3-5,7-10,13,23H,2,6,11-12H2,1H3,(H,22,24). The van der Waals surface area contributed by atoms with E-state index in [1.54, 1.807) is 18.5 Å². The number of aliphatic hydroxyl groups excluding tert-OH is 1. The van der Waals surface area contributed by atoms with Gasteiger partial charge >= 0.3 is 0 Å². The zero-order valence-corrected chi connectivity index (χ0v) is 15.3. The van der Waals surface area contributed by atoms with Crippen molar-refractivity contribution in [2.24, 2.45) is 0 Å². The second-order valence-corrected chi connectivity index (χ2v) is 6.82. The van der Waals surface area contributed by atoms with Gasteiger partial charge in [0.15, 0.2) is 10.9 Å². The van der Waals surface area contributed by atoms with E-state index in [0.717, 1.165) is 17.4 Å². The van der Waals surface area contributed by atoms with Gasteiger partial charge in [-0.1, -0.05) is 43.3 Å². The number of furan rings is 1. The number of benzene rings is 1. The molecule has 0 radical (unpaired) electrons. The third-order valence-corrected chi connectivity index (χ3v) is 4.81. The van der Waals surface area contributed by atoms with Crippen LogP contribution in [0, 0.1) is 0 Å². The first-order chi connectivity index (χ1) is 12.7. The fourth-order valence-corrected chi connectivity index (χ4v) is 3.48. The molecule has 0 saturated carbocycles. The molecule has 26 heavy (non-hydrogen) atoms. The molecule has 136 valence electrons. The van der Waals surface area contributed by atoms with Crippen LogP contribution >= 0.6 is 11.8 Å². The molecule has 0 aliphatic heterocycles. The van der Waals surface area contributed by atoms with Gasteiger partial charge in [-0.3, -0.25) is 4.79 Å². The lowest BCUT2D eigenvalue weighted by atomic mass is 10.1. The molecule has 2 N–H and O–H groups in total. The zero-order chi connectivity index (χ0) is 18.4. The minimum atomic E-state index is -0.552. The van der Waals surface area contributed by atoms with Gasteiger partial charge in [-0.05, 0) is 18.6 Å². The van der Waals surface area contributed by atoms with Crippen LogP contribution in [0.4, 0.5) is 0 Å². The third kappa shape index (κ3) is 4.42. The van der Waals surface area contributed by atoms with Crippen LogP contribution in [-0.2, 0) is 5.75 Å². The van der Waals surface area contributed by atoms with Crippen LogP contribution < -0.4 is 5.32 Å². The molecule has 0 saturated heterocycles. The number of rotatable bonds is 8. The van der Waals surface area contributed by atoms with Gasteiger partial charge in [0.25, 0.3) is 5.91 Å². The van der Waals surface area contributed by atoms with Crippen LogP contribution in [0.5, 0.6) is 0 Å². The molecule has 7 heteroatoms. The van der Waals surface area contributed by atoms with Gasteiger partial charge in [-0.2, -0.15) is 0 Å². The first-order valence-electron chi connectivity index (χ1n) is 8.55. The highest BCUT2D eigenvalue weighted by Gasteiger charge is 2.21. The number of carbonyl (C=O) groups excluding carboxylic acids is 1. The highest BCUT2D eigenvalue weighted by molar-refractivity contribution is 7.98. The minimum absolute atomic E-state index is 0.206. The monoisotopic (exact) mass is 371 g/mol. The number of para-hydroxylation sites is 1. The van der Waals surface area contributed by atoms with Crippen molar-refractivity contribution in [1.29, 1.82) is 0 Å². The number of fused-ring (bicyclic) bond motifs is 1. The molecule has 0 aliphatic rings. The number of hydrogen-bond donors (Lipinski definition) is 2. The fraction of sp³-hybridized carbons (Fsp3) is 0.316. The second-order valence-electron chi connectivity index (χ2n) is 5.88. The molecular formula is C19H21N3O3S. The Morgan fingerprint density at radius 3 is 2.81 bits per heavy atom. The van der Waals surface area contributed by atoms with Crippen molar-refractivity contribution in [2.75, 3.05) is 6.54 Å². The van der Waals surface area contributed by atoms with Crippen LogP contribution in [0.3, 0.4) is 0 Å². The summed E-state index contributed by atoms with van der Waals surface area (Å²) in [6.07, 6.45) is 4.33. The summed E-state index contributed by atoms with van der Waals surface area (Å²) in [5.74, 6) is 0.473. The van der Waals surface area contributed by atoms with Crippen LogP contribution in [0.25, 0.3) is 11.0 Å². The highest BCUT2D eigenvalue weighted by Crippen LogP contribution is 2.30. The van der Waals surface area contributed by atoms with Crippen LogP contribution in [0.2, 0.25) is 0 Å². The van der Waals surface area contributed by atoms with Crippen molar-refractivity contribution in [1.82, 2.24) is 15.3 Å². The van der Waals surface area contributed by atoms with E-state index < -0.39 is 6.10 Å². The van der Waals surface area contributed by atoms with Crippen molar-refractivity contribution in [3.8, 4) is 0 Å². The quantitative estimate of drug-likeness (QED) is 0.466. The molecule has 1 aromatic carbocycles. The lowest BCUT2D eigenvalue weighted by Gasteiger charge is -2.10. The Balaban J connectivity index is 1.81. The van der Waals surface area contributed by atoms with Crippen molar-refractivity contribution in [3.63, 3.8) is 0 Å². The van der Waals surface area contributed by atoms with Crippen molar-refractivity contribution < 1.29 is 14.3 Å². The summed E-state index contributed by atoms with van der Waals surface area (Å²) >= 11 is 1.45. The molecule has 2 heterocycles. The number of nitrogens with zero attached hydrogens (tertiary/aromatic N) is 2. The van der Waals surface area contributed by atoms with E-state index in [1.165, 1.54) is 11.8 Å². The van der Waals surface area contributed by atoms with Crippen LogP contribution in [-0.4, -0.2) is 33.6 Å². The number of carbonyl (C=O) groups is 1. The van der Waals surface area contributed by atoms with Gasteiger partial charge in [0.1, 0.15) is 5.58 Å². The molecule has 3 aromatic rings. The summed E-state index contributed by atoms with van der Waals surface area (Å²) in [5.41, 5.74) is 1.47. The van der Waals surface area contributed by atoms with Crippen molar-refractivity contribution >= 4 is 28.6 Å². The normalized spacial score (nSPS) is 12.2. The number of thioether (sulfide) groups is 1. The SMILES string of the molecule is CCCC(O)CNC(=O)c1oc2ccccc2c1CSc1ncccn1. The van der Waals surface area contributed by atoms with Gasteiger partial charge < -0.3 is 14.8 Å². The van der Waals surface area contributed by atoms with E-state index >= 15 is 0 Å². The van der Waals surface area contributed by atoms with Crippen molar-refractivity contribution in [3.05, 3.63) is 54.0 Å². The summed E-state index contributed by atoms with van der Waals surface area (Å²) in [5, 5.41) is 14.1. The highest BCUT2D eigenvalue weighted by atomic mass is 32.2. The minimum Gasteiger partial charge on any atom is -0.451 e. The summed E-state index contributed by atoms with van der Waals surface area (Å²) in [6, 6.07) is 9.32. The van der Waals surface area contributed by atoms with E-state index in [-0.39, 0.29) is 18.2 Å². The molecule has 2 aromatic heterocycles. The molecule has 6 nitrogen and oxygen atoms in total. The molecule has 1 atom stereocenters. The second kappa shape index (κ2) is 8.82. The van der Waals surface area contributed by atoms with Gasteiger partial charge in [-0.15, -0.1) is 0 Å². The van der Waals surface area contributed by atoms with E-state index in [9.17, 15) is 9.90 Å². The predicted molar refractivity (Wildman–Crippen MR) is 101 cm³/mol. The Morgan fingerprint density at radius 1 is 1.27 bits per heavy atom. The number of amides is 1. The average Bonchev–Trinajstić information content (AvgIpc) is 3.04. The maximum absolute atomic E-state index is 12.6. The number of hydrogen-bond acceptors (Lipinski definition) is 6. The molecule has 0 spiro atoms. The summed E-state index contributed by atoms with van der Waals surface area (Å²) in [4.78, 5) is 21.0. The maximum Gasteiger partial charge on any atom is 0.287 e. The van der Waals surface area contributed by atoms with E-state index in [4.69, 9.17) is 4.42 Å². The van der Waals surface area contributed by atoms with Crippen LogP contribution in [0.1, 0.15) is 35.9 Å². The Kier molecular flexibility index (Phi) is 6.25. The number of aliphatic hydroxyl groups is 1. The van der Waals surface area contributed by atoms with E-state index in [1.807, 2.05) is 31.2 Å². The Labute approximate surface area is 156 Å². The molecule has 0 bridgehead atoms. The smallest absolute Gasteiger partial charge is 0.287 e. The fourth-order valence-electron chi connectivity index (χ4n) is 2.65. The van der Waals surface area contributed by atoms with Crippen LogP contribution in [0.15, 0.2) is 52.3 Å². The van der Waals surface area contributed by atoms with Crippen molar-refractivity contribution in [2.45, 2.75) is 36.8 Å². The lowest BCUT2D eigenvalue weighted by molar-refractivity contribution is 0.0884. The first kappa shape index (κ1) is 18.4. The maximum atomic E-state index is 12.6. The summed E-state index contributed by atoms with van der Waals surface area (Å²) < 4.78 is 5.79. The zero-order valence-electron chi connectivity index (χ0n) is 14.5. The van der Waals surface area contributed by atoms with Gasteiger partial charge in [0.05, 0.1) is 6.10 Å². The van der Waals surface area contributed by atoms with E-state index in [0.29, 0.717) is 22.9 Å². The number of aromatic nitrogens is 2. The largest absolute Gasteiger partial charge is 0.451 e. The molecular weight excluding hydrogens is 350 g/mol. The Hall–Kier alpha value is -2.38. The lowest BCUT2D eigenvalue weighted by Crippen LogP contribution is -2.32. The molecule has 0 aliphatic carbocycles. The molecule has 1 unspecified atom stereocenters. The summed E-state index contributed by atoms with van der Waals surface area (Å²) in [6.45, 7) is 2.20. The summed E-state index contributed by atoms with van der Waals surface area (Å²) in [7, 11) is 0. The molecule has 0 fully saturated rings. The van der Waals surface area contributed by atoms with Gasteiger partial charge in [0, 0.05) is 35.6 Å². The molecule has 1 amide bonds. The Bertz CT molecular complexity index is 867. The third-order valence-electron chi connectivity index (χ3n) is 3.91. The van der Waals surface area contributed by atoms with Gasteiger partial charge in [0.2, 0.25) is 0 Å². The first-order valence-corrected chi connectivity index (χ1v) is 9.54.